The number of methoxy groups -OCH3 is 1. The Morgan fingerprint density at radius 1 is 1.18 bits per heavy atom. The van der Waals surface area contributed by atoms with E-state index in [1.807, 2.05) is 30.3 Å². The van der Waals surface area contributed by atoms with Crippen LogP contribution in [0, 0.1) is 0 Å². The summed E-state index contributed by atoms with van der Waals surface area (Å²) >= 11 is 5.86. The van der Waals surface area contributed by atoms with Crippen LogP contribution in [-0.2, 0) is 0 Å². The molecule has 2 nitrogen and oxygen atoms in total. The SMILES string of the molecule is COc1cccc(-c2ccc(Cl)cc2C=O)c1. The molecule has 0 fully saturated rings. The van der Waals surface area contributed by atoms with Crippen molar-refractivity contribution in [2.24, 2.45) is 0 Å². The molecule has 0 radical (unpaired) electrons. The Morgan fingerprint density at radius 2 is 2.00 bits per heavy atom. The average molecular weight is 247 g/mol. The summed E-state index contributed by atoms with van der Waals surface area (Å²) in [7, 11) is 1.61. The van der Waals surface area contributed by atoms with E-state index in [2.05, 4.69) is 0 Å². The minimum atomic E-state index is 0.554. The molecule has 0 heterocycles. The number of hydrogen-bond acceptors (Lipinski definition) is 2. The van der Waals surface area contributed by atoms with Crippen molar-refractivity contribution in [2.45, 2.75) is 0 Å². The van der Waals surface area contributed by atoms with E-state index >= 15 is 0 Å². The fourth-order valence-corrected chi connectivity index (χ4v) is 1.87. The molecule has 86 valence electrons. The van der Waals surface area contributed by atoms with E-state index in [1.165, 1.54) is 0 Å². The number of rotatable bonds is 3. The first-order chi connectivity index (χ1) is 8.24. The zero-order chi connectivity index (χ0) is 12.3. The largest absolute Gasteiger partial charge is 0.497 e. The number of benzene rings is 2. The summed E-state index contributed by atoms with van der Waals surface area (Å²) in [6.45, 7) is 0. The maximum absolute atomic E-state index is 11.0. The van der Waals surface area contributed by atoms with Crippen molar-refractivity contribution in [3.63, 3.8) is 0 Å². The van der Waals surface area contributed by atoms with E-state index in [-0.39, 0.29) is 0 Å². The Labute approximate surface area is 105 Å². The highest BCUT2D eigenvalue weighted by molar-refractivity contribution is 6.31. The second-order valence-corrected chi connectivity index (χ2v) is 4.02. The van der Waals surface area contributed by atoms with Crippen molar-refractivity contribution >= 4 is 17.9 Å². The molecule has 2 aromatic carbocycles. The van der Waals surface area contributed by atoms with Crippen LogP contribution in [0.25, 0.3) is 11.1 Å². The zero-order valence-electron chi connectivity index (χ0n) is 9.31. The first-order valence-electron chi connectivity index (χ1n) is 5.14. The van der Waals surface area contributed by atoms with Crippen molar-refractivity contribution in [1.82, 2.24) is 0 Å². The van der Waals surface area contributed by atoms with Gasteiger partial charge in [-0.2, -0.15) is 0 Å². The second kappa shape index (κ2) is 5.02. The molecular weight excluding hydrogens is 236 g/mol. The normalized spacial score (nSPS) is 10.0. The molecule has 0 aliphatic heterocycles. The number of carbonyl (C=O) groups is 1. The maximum atomic E-state index is 11.0. The van der Waals surface area contributed by atoms with Crippen molar-refractivity contribution < 1.29 is 9.53 Å². The van der Waals surface area contributed by atoms with Crippen LogP contribution in [0.5, 0.6) is 5.75 Å². The van der Waals surface area contributed by atoms with Gasteiger partial charge in [0.15, 0.2) is 6.29 Å². The van der Waals surface area contributed by atoms with E-state index in [9.17, 15) is 4.79 Å². The molecule has 0 saturated heterocycles. The van der Waals surface area contributed by atoms with Crippen LogP contribution in [-0.4, -0.2) is 13.4 Å². The monoisotopic (exact) mass is 246 g/mol. The molecule has 0 aliphatic rings. The molecule has 0 spiro atoms. The number of ether oxygens (including phenoxy) is 1. The van der Waals surface area contributed by atoms with Gasteiger partial charge >= 0.3 is 0 Å². The molecule has 17 heavy (non-hydrogen) atoms. The summed E-state index contributed by atoms with van der Waals surface area (Å²) in [4.78, 5) is 11.0. The molecule has 0 atom stereocenters. The van der Waals surface area contributed by atoms with Gasteiger partial charge in [-0.05, 0) is 35.4 Å². The lowest BCUT2D eigenvalue weighted by Gasteiger charge is -2.07. The van der Waals surface area contributed by atoms with Gasteiger partial charge < -0.3 is 4.74 Å². The lowest BCUT2D eigenvalue weighted by Crippen LogP contribution is -1.89. The molecule has 2 aromatic rings. The third-order valence-electron chi connectivity index (χ3n) is 2.52. The van der Waals surface area contributed by atoms with Crippen LogP contribution in [0.2, 0.25) is 5.02 Å². The number of hydrogen-bond donors (Lipinski definition) is 0. The maximum Gasteiger partial charge on any atom is 0.150 e. The van der Waals surface area contributed by atoms with Gasteiger partial charge in [-0.25, -0.2) is 0 Å². The van der Waals surface area contributed by atoms with Crippen LogP contribution in [0.3, 0.4) is 0 Å². The minimum Gasteiger partial charge on any atom is -0.497 e. The van der Waals surface area contributed by atoms with Gasteiger partial charge in [0, 0.05) is 10.6 Å². The van der Waals surface area contributed by atoms with Crippen LogP contribution in [0.15, 0.2) is 42.5 Å². The predicted octanol–water partition coefficient (Wildman–Crippen LogP) is 3.83. The zero-order valence-corrected chi connectivity index (χ0v) is 10.1. The molecule has 2 rings (SSSR count). The molecule has 0 unspecified atom stereocenters. The Hall–Kier alpha value is -1.80. The fourth-order valence-electron chi connectivity index (χ4n) is 1.68. The lowest BCUT2D eigenvalue weighted by atomic mass is 10.0. The van der Waals surface area contributed by atoms with Gasteiger partial charge in [0.05, 0.1) is 7.11 Å². The summed E-state index contributed by atoms with van der Waals surface area (Å²) in [5.41, 5.74) is 2.36. The Balaban J connectivity index is 2.55. The third kappa shape index (κ3) is 2.48. The Kier molecular flexibility index (Phi) is 3.45. The van der Waals surface area contributed by atoms with Crippen LogP contribution in [0.1, 0.15) is 10.4 Å². The first-order valence-corrected chi connectivity index (χ1v) is 5.51. The fraction of sp³-hybridized carbons (Fsp3) is 0.0714. The molecular formula is C14H11ClO2. The molecule has 0 aromatic heterocycles. The molecule has 0 N–H and O–H groups in total. The molecule has 0 saturated carbocycles. The molecule has 3 heteroatoms. The minimum absolute atomic E-state index is 0.554. The Morgan fingerprint density at radius 3 is 2.71 bits per heavy atom. The van der Waals surface area contributed by atoms with Crippen LogP contribution < -0.4 is 4.74 Å². The second-order valence-electron chi connectivity index (χ2n) is 3.58. The number of aldehydes is 1. The summed E-state index contributed by atoms with van der Waals surface area (Å²) < 4.78 is 5.16. The Bertz CT molecular complexity index is 550. The van der Waals surface area contributed by atoms with Crippen LogP contribution >= 0.6 is 11.6 Å². The summed E-state index contributed by atoms with van der Waals surface area (Å²) in [6, 6.07) is 12.8. The molecule has 0 aliphatic carbocycles. The van der Waals surface area contributed by atoms with Crippen molar-refractivity contribution in [2.75, 3.05) is 7.11 Å². The summed E-state index contributed by atoms with van der Waals surface area (Å²) in [5, 5.41) is 0.554. The smallest absolute Gasteiger partial charge is 0.150 e. The van der Waals surface area contributed by atoms with E-state index < -0.39 is 0 Å². The van der Waals surface area contributed by atoms with E-state index in [1.54, 1.807) is 19.2 Å². The number of halogens is 1. The van der Waals surface area contributed by atoms with Crippen molar-refractivity contribution in [1.29, 1.82) is 0 Å². The van der Waals surface area contributed by atoms with E-state index in [4.69, 9.17) is 16.3 Å². The van der Waals surface area contributed by atoms with Gasteiger partial charge in [0.1, 0.15) is 5.75 Å². The average Bonchev–Trinajstić information content (AvgIpc) is 2.38. The number of carbonyl (C=O) groups excluding carboxylic acids is 1. The van der Waals surface area contributed by atoms with Crippen molar-refractivity contribution in [3.8, 4) is 16.9 Å². The summed E-state index contributed by atoms with van der Waals surface area (Å²) in [6.07, 6.45) is 0.806. The van der Waals surface area contributed by atoms with Gasteiger partial charge in [0.25, 0.3) is 0 Å². The van der Waals surface area contributed by atoms with Crippen LogP contribution in [0.4, 0.5) is 0 Å². The topological polar surface area (TPSA) is 26.3 Å². The summed E-state index contributed by atoms with van der Waals surface area (Å²) in [5.74, 6) is 0.759. The molecule has 0 amide bonds. The first kappa shape index (κ1) is 11.7. The quantitative estimate of drug-likeness (QED) is 0.770. The van der Waals surface area contributed by atoms with Crippen molar-refractivity contribution in [3.05, 3.63) is 53.1 Å². The van der Waals surface area contributed by atoms with Gasteiger partial charge in [-0.3, -0.25) is 4.79 Å². The van der Waals surface area contributed by atoms with Gasteiger partial charge in [-0.15, -0.1) is 0 Å². The lowest BCUT2D eigenvalue weighted by molar-refractivity contribution is 0.112. The third-order valence-corrected chi connectivity index (χ3v) is 2.76. The van der Waals surface area contributed by atoms with E-state index in [0.717, 1.165) is 23.2 Å². The molecule has 0 bridgehead atoms. The van der Waals surface area contributed by atoms with Gasteiger partial charge in [-0.1, -0.05) is 29.8 Å². The highest BCUT2D eigenvalue weighted by Crippen LogP contribution is 2.28. The standard InChI is InChI=1S/C14H11ClO2/c1-17-13-4-2-3-10(8-13)14-6-5-12(15)7-11(14)9-16/h2-9H,1H3. The highest BCUT2D eigenvalue weighted by Gasteiger charge is 2.06. The highest BCUT2D eigenvalue weighted by atomic mass is 35.5. The van der Waals surface area contributed by atoms with Gasteiger partial charge in [0.2, 0.25) is 0 Å². The van der Waals surface area contributed by atoms with E-state index in [0.29, 0.717) is 10.6 Å². The predicted molar refractivity (Wildman–Crippen MR) is 68.8 cm³/mol.